The maximum Gasteiger partial charge on any atom is 0.0890 e. The second-order valence-corrected chi connectivity index (χ2v) is 7.93. The molecule has 0 heterocycles. The molecule has 0 radical (unpaired) electrons. The van der Waals surface area contributed by atoms with E-state index in [2.05, 4.69) is 13.8 Å². The van der Waals surface area contributed by atoms with Crippen LogP contribution in [0.15, 0.2) is 0 Å². The molecule has 0 amide bonds. The second-order valence-electron chi connectivity index (χ2n) is 5.77. The van der Waals surface area contributed by atoms with Crippen LogP contribution in [0.4, 0.5) is 0 Å². The van der Waals surface area contributed by atoms with Crippen LogP contribution in [0.3, 0.4) is 0 Å². The summed E-state index contributed by atoms with van der Waals surface area (Å²) in [7, 11) is -1.81. The van der Waals surface area contributed by atoms with Gasteiger partial charge in [0.2, 0.25) is 0 Å². The fourth-order valence-electron chi connectivity index (χ4n) is 2.69. The molecule has 0 aromatic heterocycles. The first-order chi connectivity index (χ1) is 10.7. The number of unbranched alkanes of at least 4 members (excludes halogenated alkanes) is 5. The van der Waals surface area contributed by atoms with Crippen molar-refractivity contribution < 1.29 is 12.5 Å². The molecule has 1 unspecified atom stereocenters. The molecule has 0 aliphatic carbocycles. The monoisotopic (exact) mass is 336 g/mol. The molecule has 22 heavy (non-hydrogen) atoms. The standard InChI is InChI=1S/C18H40O3S/c1-6-11-12-13-14-15-16-18(7-2)17-22(19-8-3,20-9-4)21-10-5/h18H,6-17H2,1-5H3. The van der Waals surface area contributed by atoms with E-state index < -0.39 is 10.9 Å². The van der Waals surface area contributed by atoms with E-state index in [1.165, 1.54) is 51.4 Å². The van der Waals surface area contributed by atoms with Crippen LogP contribution in [-0.2, 0) is 12.5 Å². The Hall–Kier alpha value is 0.230. The Morgan fingerprint density at radius 1 is 0.682 bits per heavy atom. The summed E-state index contributed by atoms with van der Waals surface area (Å²) in [6.45, 7) is 12.6. The van der Waals surface area contributed by atoms with Crippen LogP contribution in [0, 0.1) is 5.92 Å². The smallest absolute Gasteiger partial charge is 0.0890 e. The van der Waals surface area contributed by atoms with Crippen LogP contribution >= 0.6 is 10.9 Å². The lowest BCUT2D eigenvalue weighted by molar-refractivity contribution is 0.181. The van der Waals surface area contributed by atoms with Gasteiger partial charge in [-0.15, -0.1) is 0 Å². The van der Waals surface area contributed by atoms with Crippen molar-refractivity contribution >= 4 is 10.9 Å². The second kappa shape index (κ2) is 14.8. The fraction of sp³-hybridized carbons (Fsp3) is 1.00. The highest BCUT2D eigenvalue weighted by molar-refractivity contribution is 8.21. The predicted octanol–water partition coefficient (Wildman–Crippen LogP) is 6.42. The summed E-state index contributed by atoms with van der Waals surface area (Å²) in [5.74, 6) is 1.57. The van der Waals surface area contributed by atoms with E-state index in [1.807, 2.05) is 20.8 Å². The Balaban J connectivity index is 4.31. The Kier molecular flexibility index (Phi) is 15.0. The highest BCUT2D eigenvalue weighted by atomic mass is 32.3. The molecule has 136 valence electrons. The summed E-state index contributed by atoms with van der Waals surface area (Å²) in [5.41, 5.74) is 0. The van der Waals surface area contributed by atoms with Gasteiger partial charge in [-0.2, -0.15) is 0 Å². The molecule has 0 saturated carbocycles. The van der Waals surface area contributed by atoms with Crippen molar-refractivity contribution in [1.29, 1.82) is 0 Å². The van der Waals surface area contributed by atoms with Gasteiger partial charge in [0.15, 0.2) is 0 Å². The van der Waals surface area contributed by atoms with Gasteiger partial charge in [-0.3, -0.25) is 12.5 Å². The average Bonchev–Trinajstić information content (AvgIpc) is 2.50. The summed E-state index contributed by atoms with van der Waals surface area (Å²) >= 11 is 0. The summed E-state index contributed by atoms with van der Waals surface area (Å²) in [5, 5.41) is 0. The minimum Gasteiger partial charge on any atom is -0.293 e. The Bertz CT molecular complexity index is 219. The van der Waals surface area contributed by atoms with Crippen molar-refractivity contribution in [2.75, 3.05) is 25.6 Å². The molecule has 0 bridgehead atoms. The zero-order valence-electron chi connectivity index (χ0n) is 15.7. The Labute approximate surface area is 141 Å². The normalized spacial score (nSPS) is 14.2. The molecule has 0 aliphatic heterocycles. The van der Waals surface area contributed by atoms with Gasteiger partial charge in [0, 0.05) is 5.75 Å². The van der Waals surface area contributed by atoms with Crippen molar-refractivity contribution in [2.24, 2.45) is 5.92 Å². The average molecular weight is 337 g/mol. The maximum atomic E-state index is 5.94. The highest BCUT2D eigenvalue weighted by Gasteiger charge is 2.29. The third-order valence-electron chi connectivity index (χ3n) is 3.88. The molecule has 0 saturated heterocycles. The number of hydrogen-bond acceptors (Lipinski definition) is 3. The molecular weight excluding hydrogens is 296 g/mol. The lowest BCUT2D eigenvalue weighted by Gasteiger charge is -2.39. The van der Waals surface area contributed by atoms with Gasteiger partial charge in [0.05, 0.1) is 30.7 Å². The van der Waals surface area contributed by atoms with Gasteiger partial charge >= 0.3 is 0 Å². The first-order valence-electron chi connectivity index (χ1n) is 9.41. The van der Waals surface area contributed by atoms with E-state index in [9.17, 15) is 0 Å². The third kappa shape index (κ3) is 10.1. The number of hydrogen-bond donors (Lipinski definition) is 0. The molecule has 0 aromatic carbocycles. The lowest BCUT2D eigenvalue weighted by atomic mass is 10.00. The molecule has 0 fully saturated rings. The zero-order chi connectivity index (χ0) is 16.7. The quantitative estimate of drug-likeness (QED) is 0.304. The summed E-state index contributed by atoms with van der Waals surface area (Å²) in [6, 6.07) is 0. The first-order valence-corrected chi connectivity index (χ1v) is 11.0. The minimum atomic E-state index is -1.81. The van der Waals surface area contributed by atoms with E-state index in [-0.39, 0.29) is 0 Å². The fourth-order valence-corrected chi connectivity index (χ4v) is 5.24. The van der Waals surface area contributed by atoms with Crippen LogP contribution < -0.4 is 0 Å². The van der Waals surface area contributed by atoms with Crippen LogP contribution in [0.1, 0.15) is 86.0 Å². The predicted molar refractivity (Wildman–Crippen MR) is 99.1 cm³/mol. The molecule has 3 nitrogen and oxygen atoms in total. The van der Waals surface area contributed by atoms with Crippen molar-refractivity contribution in [3.05, 3.63) is 0 Å². The van der Waals surface area contributed by atoms with Gasteiger partial charge in [-0.1, -0.05) is 58.8 Å². The molecule has 0 aromatic rings. The van der Waals surface area contributed by atoms with Gasteiger partial charge in [-0.05, 0) is 33.1 Å². The minimum absolute atomic E-state index is 0.644. The van der Waals surface area contributed by atoms with E-state index in [0.29, 0.717) is 25.7 Å². The third-order valence-corrected chi connectivity index (χ3v) is 6.54. The van der Waals surface area contributed by atoms with Crippen LogP contribution in [0.2, 0.25) is 0 Å². The van der Waals surface area contributed by atoms with Crippen LogP contribution in [0.25, 0.3) is 0 Å². The van der Waals surface area contributed by atoms with Gasteiger partial charge in [0.1, 0.15) is 0 Å². The van der Waals surface area contributed by atoms with Gasteiger partial charge in [0.25, 0.3) is 0 Å². The van der Waals surface area contributed by atoms with Crippen molar-refractivity contribution in [1.82, 2.24) is 0 Å². The molecular formula is C18H40O3S. The van der Waals surface area contributed by atoms with E-state index >= 15 is 0 Å². The summed E-state index contributed by atoms with van der Waals surface area (Å²) in [6.07, 6.45) is 10.6. The molecule has 1 atom stereocenters. The first kappa shape index (κ1) is 22.2. The summed E-state index contributed by atoms with van der Waals surface area (Å²) in [4.78, 5) is 0. The Morgan fingerprint density at radius 2 is 1.18 bits per heavy atom. The molecule has 0 spiro atoms. The van der Waals surface area contributed by atoms with Crippen molar-refractivity contribution in [3.63, 3.8) is 0 Å². The van der Waals surface area contributed by atoms with E-state index in [0.717, 1.165) is 5.75 Å². The van der Waals surface area contributed by atoms with Gasteiger partial charge in [-0.25, -0.2) is 0 Å². The molecule has 0 aliphatic rings. The van der Waals surface area contributed by atoms with Crippen LogP contribution in [0.5, 0.6) is 0 Å². The van der Waals surface area contributed by atoms with Crippen LogP contribution in [-0.4, -0.2) is 25.6 Å². The van der Waals surface area contributed by atoms with Gasteiger partial charge < -0.3 is 0 Å². The maximum absolute atomic E-state index is 5.94. The largest absolute Gasteiger partial charge is 0.293 e. The molecule has 0 N–H and O–H groups in total. The van der Waals surface area contributed by atoms with E-state index in [1.54, 1.807) is 0 Å². The molecule has 4 heteroatoms. The SMILES string of the molecule is CCCCCCCCC(CC)CS(OCC)(OCC)OCC. The van der Waals surface area contributed by atoms with Crippen molar-refractivity contribution in [3.8, 4) is 0 Å². The van der Waals surface area contributed by atoms with Crippen molar-refractivity contribution in [2.45, 2.75) is 86.0 Å². The molecule has 0 rings (SSSR count). The Morgan fingerprint density at radius 3 is 1.64 bits per heavy atom. The zero-order valence-corrected chi connectivity index (χ0v) is 16.5. The number of rotatable bonds is 16. The van der Waals surface area contributed by atoms with E-state index in [4.69, 9.17) is 12.5 Å². The lowest BCUT2D eigenvalue weighted by Crippen LogP contribution is -2.21. The summed E-state index contributed by atoms with van der Waals surface area (Å²) < 4.78 is 17.8. The topological polar surface area (TPSA) is 27.7 Å². The highest BCUT2D eigenvalue weighted by Crippen LogP contribution is 2.53.